The Bertz CT molecular complexity index is 556. The van der Waals surface area contributed by atoms with Crippen LogP contribution in [0.4, 0.5) is 0 Å². The van der Waals surface area contributed by atoms with Gasteiger partial charge in [0.05, 0.1) is 4.90 Å². The largest absolute Gasteiger partial charge is 0.294 e. The van der Waals surface area contributed by atoms with Gasteiger partial charge in [0.25, 0.3) is 0 Å². The molecule has 0 bridgehead atoms. The standard InChI is InChI=1S/C13H15NO3S/c1-2-9-14-18(16,17)12-7-5-11(6-8-12)13(15)10-3-4-10/h2,5-8,10,14H,1,3-4,9H2. The molecule has 96 valence electrons. The number of hydrogen-bond donors (Lipinski definition) is 1. The van der Waals surface area contributed by atoms with Gasteiger partial charge in [-0.3, -0.25) is 4.79 Å². The number of carbonyl (C=O) groups is 1. The summed E-state index contributed by atoms with van der Waals surface area (Å²) in [5.74, 6) is 0.254. The highest BCUT2D eigenvalue weighted by atomic mass is 32.2. The molecule has 0 aromatic heterocycles. The van der Waals surface area contributed by atoms with Crippen LogP contribution in [0.3, 0.4) is 0 Å². The van der Waals surface area contributed by atoms with Crippen LogP contribution in [0.5, 0.6) is 0 Å². The number of carbonyl (C=O) groups excluding carboxylic acids is 1. The first-order valence-corrected chi connectivity index (χ1v) is 7.28. The Kier molecular flexibility index (Phi) is 3.63. The van der Waals surface area contributed by atoms with E-state index >= 15 is 0 Å². The molecule has 5 heteroatoms. The topological polar surface area (TPSA) is 63.2 Å². The molecule has 0 spiro atoms. The van der Waals surface area contributed by atoms with Gasteiger partial charge in [0.1, 0.15) is 0 Å². The molecule has 0 heterocycles. The molecule has 2 rings (SSSR count). The molecule has 1 aromatic carbocycles. The molecule has 1 N–H and O–H groups in total. The summed E-state index contributed by atoms with van der Waals surface area (Å²) in [5.41, 5.74) is 0.583. The fourth-order valence-electron chi connectivity index (χ4n) is 1.63. The molecular weight excluding hydrogens is 250 g/mol. The quantitative estimate of drug-likeness (QED) is 0.629. The fraction of sp³-hybridized carbons (Fsp3) is 0.308. The summed E-state index contributed by atoms with van der Waals surface area (Å²) in [6.07, 6.45) is 3.36. The first-order chi connectivity index (χ1) is 8.54. The Balaban J connectivity index is 2.16. The second-order valence-electron chi connectivity index (χ2n) is 4.30. The highest BCUT2D eigenvalue weighted by Crippen LogP contribution is 2.32. The van der Waals surface area contributed by atoms with Crippen LogP contribution in [-0.2, 0) is 10.0 Å². The summed E-state index contributed by atoms with van der Waals surface area (Å²) in [5, 5.41) is 0. The van der Waals surface area contributed by atoms with E-state index in [0.717, 1.165) is 12.8 Å². The number of rotatable bonds is 6. The summed E-state index contributed by atoms with van der Waals surface area (Å²) in [4.78, 5) is 11.9. The Labute approximate surface area is 107 Å². The van der Waals surface area contributed by atoms with Gasteiger partial charge in [-0.2, -0.15) is 0 Å². The third kappa shape index (κ3) is 2.86. The summed E-state index contributed by atoms with van der Waals surface area (Å²) >= 11 is 0. The Morgan fingerprint density at radius 2 is 1.94 bits per heavy atom. The van der Waals surface area contributed by atoms with Crippen molar-refractivity contribution in [1.29, 1.82) is 0 Å². The number of ketones is 1. The lowest BCUT2D eigenvalue weighted by Gasteiger charge is -2.05. The minimum atomic E-state index is -3.50. The molecule has 0 aliphatic heterocycles. The SMILES string of the molecule is C=CCNS(=O)(=O)c1ccc(C(=O)C2CC2)cc1. The summed E-state index contributed by atoms with van der Waals surface area (Å²) in [6.45, 7) is 3.64. The van der Waals surface area contributed by atoms with Crippen LogP contribution in [0.1, 0.15) is 23.2 Å². The third-order valence-electron chi connectivity index (χ3n) is 2.81. The van der Waals surface area contributed by atoms with Crippen molar-refractivity contribution in [2.24, 2.45) is 5.92 Å². The van der Waals surface area contributed by atoms with Crippen LogP contribution in [0, 0.1) is 5.92 Å². The van der Waals surface area contributed by atoms with E-state index in [4.69, 9.17) is 0 Å². The molecule has 4 nitrogen and oxygen atoms in total. The summed E-state index contributed by atoms with van der Waals surface area (Å²) in [6, 6.07) is 6.06. The first kappa shape index (κ1) is 13.0. The monoisotopic (exact) mass is 265 g/mol. The second kappa shape index (κ2) is 5.04. The smallest absolute Gasteiger partial charge is 0.240 e. The number of hydrogen-bond acceptors (Lipinski definition) is 3. The van der Waals surface area contributed by atoms with E-state index in [1.54, 1.807) is 12.1 Å². The van der Waals surface area contributed by atoms with Gasteiger partial charge in [-0.1, -0.05) is 18.2 Å². The van der Waals surface area contributed by atoms with Crippen molar-refractivity contribution in [3.8, 4) is 0 Å². The van der Waals surface area contributed by atoms with E-state index < -0.39 is 10.0 Å². The average molecular weight is 265 g/mol. The van der Waals surface area contributed by atoms with Crippen molar-refractivity contribution in [1.82, 2.24) is 4.72 Å². The van der Waals surface area contributed by atoms with Crippen molar-refractivity contribution in [2.45, 2.75) is 17.7 Å². The molecule has 0 radical (unpaired) electrons. The molecule has 0 amide bonds. The molecule has 1 aliphatic rings. The maximum absolute atomic E-state index is 11.8. The molecular formula is C13H15NO3S. The Morgan fingerprint density at radius 3 is 2.44 bits per heavy atom. The predicted molar refractivity (Wildman–Crippen MR) is 68.9 cm³/mol. The number of nitrogens with one attached hydrogen (secondary N) is 1. The van der Waals surface area contributed by atoms with Crippen LogP contribution in [0.15, 0.2) is 41.8 Å². The lowest BCUT2D eigenvalue weighted by atomic mass is 10.1. The van der Waals surface area contributed by atoms with Gasteiger partial charge < -0.3 is 0 Å². The van der Waals surface area contributed by atoms with Crippen LogP contribution in [0.2, 0.25) is 0 Å². The van der Waals surface area contributed by atoms with Crippen LogP contribution in [0.25, 0.3) is 0 Å². The molecule has 1 fully saturated rings. The highest BCUT2D eigenvalue weighted by Gasteiger charge is 2.30. The zero-order chi connectivity index (χ0) is 13.2. The second-order valence-corrected chi connectivity index (χ2v) is 6.07. The maximum atomic E-state index is 11.8. The highest BCUT2D eigenvalue weighted by molar-refractivity contribution is 7.89. The van der Waals surface area contributed by atoms with Gasteiger partial charge in [-0.25, -0.2) is 13.1 Å². The van der Waals surface area contributed by atoms with Crippen LogP contribution >= 0.6 is 0 Å². The molecule has 18 heavy (non-hydrogen) atoms. The molecule has 1 saturated carbocycles. The predicted octanol–water partition coefficient (Wildman–Crippen LogP) is 1.74. The minimum Gasteiger partial charge on any atom is -0.294 e. The summed E-state index contributed by atoms with van der Waals surface area (Å²) < 4.78 is 25.9. The van der Waals surface area contributed by atoms with E-state index in [9.17, 15) is 13.2 Å². The van der Waals surface area contributed by atoms with Gasteiger partial charge in [-0.15, -0.1) is 6.58 Å². The zero-order valence-electron chi connectivity index (χ0n) is 9.93. The first-order valence-electron chi connectivity index (χ1n) is 5.79. The Morgan fingerprint density at radius 1 is 1.33 bits per heavy atom. The van der Waals surface area contributed by atoms with E-state index in [2.05, 4.69) is 11.3 Å². The van der Waals surface area contributed by atoms with Crippen molar-refractivity contribution in [2.75, 3.05) is 6.54 Å². The van der Waals surface area contributed by atoms with E-state index in [-0.39, 0.29) is 23.1 Å². The molecule has 1 aromatic rings. The van der Waals surface area contributed by atoms with Gasteiger partial charge in [0.15, 0.2) is 5.78 Å². The zero-order valence-corrected chi connectivity index (χ0v) is 10.7. The lowest BCUT2D eigenvalue weighted by Crippen LogP contribution is -2.23. The lowest BCUT2D eigenvalue weighted by molar-refractivity contribution is 0.0967. The molecule has 0 saturated heterocycles. The van der Waals surface area contributed by atoms with Crippen molar-refractivity contribution in [3.63, 3.8) is 0 Å². The van der Waals surface area contributed by atoms with Gasteiger partial charge in [0, 0.05) is 18.0 Å². The third-order valence-corrected chi connectivity index (χ3v) is 4.25. The van der Waals surface area contributed by atoms with Crippen molar-refractivity contribution >= 4 is 15.8 Å². The van der Waals surface area contributed by atoms with Crippen LogP contribution < -0.4 is 4.72 Å². The van der Waals surface area contributed by atoms with E-state index in [1.807, 2.05) is 0 Å². The molecule has 0 unspecified atom stereocenters. The van der Waals surface area contributed by atoms with Crippen LogP contribution in [-0.4, -0.2) is 20.7 Å². The van der Waals surface area contributed by atoms with Crippen molar-refractivity contribution in [3.05, 3.63) is 42.5 Å². The van der Waals surface area contributed by atoms with Gasteiger partial charge in [0.2, 0.25) is 10.0 Å². The van der Waals surface area contributed by atoms with Gasteiger partial charge in [-0.05, 0) is 25.0 Å². The van der Waals surface area contributed by atoms with Gasteiger partial charge >= 0.3 is 0 Å². The van der Waals surface area contributed by atoms with E-state index in [0.29, 0.717) is 5.56 Å². The number of sulfonamides is 1. The number of benzene rings is 1. The average Bonchev–Trinajstić information content (AvgIpc) is 3.20. The van der Waals surface area contributed by atoms with E-state index in [1.165, 1.54) is 18.2 Å². The minimum absolute atomic E-state index is 0.109. The number of Topliss-reactive ketones (excluding diaryl/α,β-unsaturated/α-hetero) is 1. The van der Waals surface area contributed by atoms with Crippen molar-refractivity contribution < 1.29 is 13.2 Å². The fourth-order valence-corrected chi connectivity index (χ4v) is 2.63. The summed E-state index contributed by atoms with van der Waals surface area (Å²) in [7, 11) is -3.50. The Hall–Kier alpha value is -1.46. The maximum Gasteiger partial charge on any atom is 0.240 e. The normalized spacial score (nSPS) is 15.3. The molecule has 0 atom stereocenters. The molecule has 1 aliphatic carbocycles.